The van der Waals surface area contributed by atoms with Crippen molar-refractivity contribution in [2.75, 3.05) is 0 Å². The molecule has 6 nitrogen and oxygen atoms in total. The van der Waals surface area contributed by atoms with Gasteiger partial charge in [0.25, 0.3) is 0 Å². The minimum absolute atomic E-state index is 0.0649. The molecule has 0 radical (unpaired) electrons. The molecular weight excluding hydrogens is 375 g/mol. The van der Waals surface area contributed by atoms with Crippen LogP contribution >= 0.6 is 0 Å². The second kappa shape index (κ2) is 9.72. The number of amides is 2. The first-order chi connectivity index (χ1) is 13.2. The summed E-state index contributed by atoms with van der Waals surface area (Å²) in [6, 6.07) is 11.6. The molecule has 0 aliphatic rings. The zero-order valence-electron chi connectivity index (χ0n) is 14.9. The van der Waals surface area contributed by atoms with Gasteiger partial charge in [-0.15, -0.1) is 0 Å². The number of benzene rings is 1. The van der Waals surface area contributed by atoms with Crippen molar-refractivity contribution >= 4 is 12.0 Å². The molecule has 0 aliphatic heterocycles. The summed E-state index contributed by atoms with van der Waals surface area (Å²) in [5.41, 5.74) is -0.0384. The smallest absolute Gasteiger partial charge is 0.433 e. The van der Waals surface area contributed by atoms with Crippen molar-refractivity contribution in [1.82, 2.24) is 15.6 Å². The summed E-state index contributed by atoms with van der Waals surface area (Å²) < 4.78 is 38.1. The number of pyridine rings is 1. The Balaban J connectivity index is 1.94. The minimum atomic E-state index is -4.56. The van der Waals surface area contributed by atoms with E-state index in [4.69, 9.17) is 5.11 Å². The molecule has 0 saturated carbocycles. The van der Waals surface area contributed by atoms with E-state index in [0.29, 0.717) is 6.42 Å². The molecule has 1 aromatic heterocycles. The molecule has 0 fully saturated rings. The minimum Gasteiger partial charge on any atom is -0.481 e. The van der Waals surface area contributed by atoms with Gasteiger partial charge in [0, 0.05) is 12.5 Å². The average Bonchev–Trinajstić information content (AvgIpc) is 2.65. The number of carbonyl (C=O) groups is 2. The molecule has 2 rings (SSSR count). The Bertz CT molecular complexity index is 798. The lowest BCUT2D eigenvalue weighted by Crippen LogP contribution is -2.43. The van der Waals surface area contributed by atoms with E-state index in [-0.39, 0.29) is 25.1 Å². The SMILES string of the molecule is O=C(O)CCC(Cc1ccccc1)NC(=O)NCc1cccc(C(F)(F)F)n1. The molecule has 2 amide bonds. The number of rotatable bonds is 8. The lowest BCUT2D eigenvalue weighted by atomic mass is 10.0. The fourth-order valence-corrected chi connectivity index (χ4v) is 2.56. The fourth-order valence-electron chi connectivity index (χ4n) is 2.56. The first kappa shape index (κ1) is 21.2. The van der Waals surface area contributed by atoms with Crippen molar-refractivity contribution in [2.24, 2.45) is 0 Å². The summed E-state index contributed by atoms with van der Waals surface area (Å²) in [5.74, 6) is -0.978. The second-order valence-electron chi connectivity index (χ2n) is 6.16. The molecule has 9 heteroatoms. The van der Waals surface area contributed by atoms with E-state index in [1.54, 1.807) is 0 Å². The van der Waals surface area contributed by atoms with Crippen molar-refractivity contribution in [3.8, 4) is 0 Å². The predicted molar refractivity (Wildman–Crippen MR) is 95.4 cm³/mol. The standard InChI is InChI=1S/C19H20F3N3O3/c20-19(21,22)16-8-4-7-15(24-16)12-23-18(28)25-14(9-10-17(26)27)11-13-5-2-1-3-6-13/h1-8,14H,9-12H2,(H,26,27)(H2,23,25,28). The van der Waals surface area contributed by atoms with Crippen molar-refractivity contribution in [3.63, 3.8) is 0 Å². The van der Waals surface area contributed by atoms with Gasteiger partial charge in [0.15, 0.2) is 0 Å². The van der Waals surface area contributed by atoms with Gasteiger partial charge in [0.05, 0.1) is 12.2 Å². The van der Waals surface area contributed by atoms with Gasteiger partial charge in [0.1, 0.15) is 5.69 Å². The monoisotopic (exact) mass is 395 g/mol. The molecule has 150 valence electrons. The Kier molecular flexibility index (Phi) is 7.36. The molecule has 1 atom stereocenters. The van der Waals surface area contributed by atoms with Crippen molar-refractivity contribution < 1.29 is 27.9 Å². The van der Waals surface area contributed by atoms with Crippen molar-refractivity contribution in [1.29, 1.82) is 0 Å². The molecule has 3 N–H and O–H groups in total. The molecule has 0 aliphatic carbocycles. The highest BCUT2D eigenvalue weighted by Crippen LogP contribution is 2.27. The first-order valence-electron chi connectivity index (χ1n) is 8.57. The zero-order valence-corrected chi connectivity index (χ0v) is 14.9. The van der Waals surface area contributed by atoms with Gasteiger partial charge in [-0.05, 0) is 30.5 Å². The van der Waals surface area contributed by atoms with Crippen LogP contribution in [0.5, 0.6) is 0 Å². The number of aromatic nitrogens is 1. The summed E-state index contributed by atoms with van der Waals surface area (Å²) in [4.78, 5) is 26.4. The lowest BCUT2D eigenvalue weighted by Gasteiger charge is -2.19. The molecule has 0 bridgehead atoms. The summed E-state index contributed by atoms with van der Waals surface area (Å²) in [5, 5.41) is 14.0. The summed E-state index contributed by atoms with van der Waals surface area (Å²) in [7, 11) is 0. The lowest BCUT2D eigenvalue weighted by molar-refractivity contribution is -0.141. The summed E-state index contributed by atoms with van der Waals surface area (Å²) in [6.07, 6.45) is -4.02. The van der Waals surface area contributed by atoms with Crippen LogP contribution in [-0.4, -0.2) is 28.1 Å². The van der Waals surface area contributed by atoms with Crippen LogP contribution in [0.2, 0.25) is 0 Å². The highest BCUT2D eigenvalue weighted by Gasteiger charge is 2.32. The number of hydrogen-bond donors (Lipinski definition) is 3. The van der Waals surface area contributed by atoms with Crippen molar-refractivity contribution in [3.05, 3.63) is 65.5 Å². The van der Waals surface area contributed by atoms with Crippen LogP contribution in [-0.2, 0) is 23.9 Å². The van der Waals surface area contributed by atoms with Crippen LogP contribution in [0.25, 0.3) is 0 Å². The number of carbonyl (C=O) groups excluding carboxylic acids is 1. The van der Waals surface area contributed by atoms with Gasteiger partial charge in [-0.3, -0.25) is 4.79 Å². The number of hydrogen-bond acceptors (Lipinski definition) is 3. The number of halogens is 3. The van der Waals surface area contributed by atoms with E-state index < -0.39 is 29.9 Å². The number of alkyl halides is 3. The van der Waals surface area contributed by atoms with E-state index in [2.05, 4.69) is 15.6 Å². The summed E-state index contributed by atoms with van der Waals surface area (Å²) >= 11 is 0. The first-order valence-corrected chi connectivity index (χ1v) is 8.57. The molecule has 28 heavy (non-hydrogen) atoms. The number of nitrogens with zero attached hydrogens (tertiary/aromatic N) is 1. The van der Waals surface area contributed by atoms with Gasteiger partial charge in [-0.2, -0.15) is 13.2 Å². The third kappa shape index (κ3) is 7.26. The Hall–Kier alpha value is -3.10. The van der Waals surface area contributed by atoms with Gasteiger partial charge in [0.2, 0.25) is 0 Å². The van der Waals surface area contributed by atoms with Gasteiger partial charge in [-0.25, -0.2) is 9.78 Å². The van der Waals surface area contributed by atoms with Crippen LogP contribution in [0.1, 0.15) is 29.8 Å². The zero-order chi connectivity index (χ0) is 20.6. The van der Waals surface area contributed by atoms with Crippen LogP contribution < -0.4 is 10.6 Å². The maximum Gasteiger partial charge on any atom is 0.433 e. The Morgan fingerprint density at radius 2 is 1.79 bits per heavy atom. The maximum atomic E-state index is 12.7. The summed E-state index contributed by atoms with van der Waals surface area (Å²) in [6.45, 7) is -0.188. The Morgan fingerprint density at radius 3 is 2.43 bits per heavy atom. The van der Waals surface area contributed by atoms with E-state index >= 15 is 0 Å². The molecule has 0 saturated heterocycles. The van der Waals surface area contributed by atoms with E-state index in [9.17, 15) is 22.8 Å². The van der Waals surface area contributed by atoms with Crippen LogP contribution in [0.15, 0.2) is 48.5 Å². The normalized spacial score (nSPS) is 12.2. The van der Waals surface area contributed by atoms with Gasteiger partial charge < -0.3 is 15.7 Å². The highest BCUT2D eigenvalue weighted by molar-refractivity contribution is 5.74. The average molecular weight is 395 g/mol. The number of nitrogens with one attached hydrogen (secondary N) is 2. The van der Waals surface area contributed by atoms with Crippen molar-refractivity contribution in [2.45, 2.75) is 38.0 Å². The third-order valence-electron chi connectivity index (χ3n) is 3.89. The number of carboxylic acid groups (broad SMARTS) is 1. The number of urea groups is 1. The molecule has 0 spiro atoms. The molecular formula is C19H20F3N3O3. The highest BCUT2D eigenvalue weighted by atomic mass is 19.4. The Morgan fingerprint density at radius 1 is 1.07 bits per heavy atom. The second-order valence-corrected chi connectivity index (χ2v) is 6.16. The van der Waals surface area contributed by atoms with Crippen LogP contribution in [0.4, 0.5) is 18.0 Å². The van der Waals surface area contributed by atoms with E-state index in [0.717, 1.165) is 11.6 Å². The molecule has 1 unspecified atom stereocenters. The molecule has 1 aromatic carbocycles. The van der Waals surface area contributed by atoms with Gasteiger partial charge in [-0.1, -0.05) is 36.4 Å². The Labute approximate surface area is 159 Å². The fraction of sp³-hybridized carbons (Fsp3) is 0.316. The van der Waals surface area contributed by atoms with E-state index in [1.165, 1.54) is 12.1 Å². The third-order valence-corrected chi connectivity index (χ3v) is 3.89. The molecule has 2 aromatic rings. The quantitative estimate of drug-likeness (QED) is 0.639. The number of aliphatic carboxylic acids is 1. The van der Waals surface area contributed by atoms with Gasteiger partial charge >= 0.3 is 18.2 Å². The predicted octanol–water partition coefficient (Wildman–Crippen LogP) is 3.38. The topological polar surface area (TPSA) is 91.3 Å². The van der Waals surface area contributed by atoms with Crippen LogP contribution in [0, 0.1) is 0 Å². The van der Waals surface area contributed by atoms with E-state index in [1.807, 2.05) is 30.3 Å². The largest absolute Gasteiger partial charge is 0.481 e. The van der Waals surface area contributed by atoms with Crippen LogP contribution in [0.3, 0.4) is 0 Å². The molecule has 1 heterocycles. The maximum absolute atomic E-state index is 12.7. The number of carboxylic acids is 1.